The summed E-state index contributed by atoms with van der Waals surface area (Å²) in [6, 6.07) is 9.21. The fraction of sp³-hybridized carbons (Fsp3) is 0.611. The highest BCUT2D eigenvalue weighted by Gasteiger charge is 2.56. The molecule has 1 aromatic carbocycles. The van der Waals surface area contributed by atoms with Crippen molar-refractivity contribution in [3.05, 3.63) is 35.4 Å². The number of hydrogen-bond acceptors (Lipinski definition) is 2. The van der Waals surface area contributed by atoms with Crippen molar-refractivity contribution in [2.45, 2.75) is 49.5 Å². The van der Waals surface area contributed by atoms with Gasteiger partial charge in [0.15, 0.2) is 0 Å². The zero-order valence-electron chi connectivity index (χ0n) is 12.2. The monoisotopic (exact) mass is 269 g/mol. The van der Waals surface area contributed by atoms with Gasteiger partial charge in [-0.3, -0.25) is 0 Å². The van der Waals surface area contributed by atoms with Gasteiger partial charge in [-0.1, -0.05) is 37.1 Å². The molecule has 0 N–H and O–H groups in total. The summed E-state index contributed by atoms with van der Waals surface area (Å²) in [5.41, 5.74) is 3.19. The van der Waals surface area contributed by atoms with E-state index in [-0.39, 0.29) is 5.92 Å². The van der Waals surface area contributed by atoms with Crippen LogP contribution in [0.1, 0.15) is 49.1 Å². The highest BCUT2D eigenvalue weighted by Crippen LogP contribution is 2.58. The van der Waals surface area contributed by atoms with E-state index >= 15 is 0 Å². The summed E-state index contributed by atoms with van der Waals surface area (Å²) in [6.07, 6.45) is 7.80. The number of carbonyl (C=O) groups is 1. The molecule has 4 rings (SSSR count). The Kier molecular flexibility index (Phi) is 2.78. The van der Waals surface area contributed by atoms with Crippen LogP contribution in [0.2, 0.25) is 0 Å². The van der Waals surface area contributed by atoms with E-state index in [1.165, 1.54) is 49.5 Å². The molecule has 0 radical (unpaired) electrons. The van der Waals surface area contributed by atoms with Gasteiger partial charge < -0.3 is 9.69 Å². The molecule has 1 heterocycles. The number of rotatable bonds is 1. The third-order valence-corrected chi connectivity index (χ3v) is 6.30. The minimum Gasteiger partial charge on any atom is -0.303 e. The summed E-state index contributed by atoms with van der Waals surface area (Å²) < 4.78 is 0. The van der Waals surface area contributed by atoms with Crippen LogP contribution in [-0.2, 0) is 10.2 Å². The third-order valence-electron chi connectivity index (χ3n) is 6.30. The first-order valence-corrected chi connectivity index (χ1v) is 8.03. The number of likely N-dealkylation sites (N-methyl/N-ethyl adjacent to an activating group) is 1. The van der Waals surface area contributed by atoms with Crippen LogP contribution in [0.4, 0.5) is 0 Å². The lowest BCUT2D eigenvalue weighted by atomic mass is 9.50. The predicted molar refractivity (Wildman–Crippen MR) is 79.9 cm³/mol. The SMILES string of the molecule is CN1CC[C@]23CCCC[C@H]2[C@H]1C(C=O)c1ccccc13. The van der Waals surface area contributed by atoms with E-state index in [0.29, 0.717) is 17.4 Å². The zero-order chi connectivity index (χ0) is 13.7. The number of benzene rings is 1. The van der Waals surface area contributed by atoms with Gasteiger partial charge in [-0.2, -0.15) is 0 Å². The van der Waals surface area contributed by atoms with Gasteiger partial charge in [0.25, 0.3) is 0 Å². The normalized spacial score (nSPS) is 39.8. The van der Waals surface area contributed by atoms with Crippen LogP contribution in [0.15, 0.2) is 24.3 Å². The van der Waals surface area contributed by atoms with E-state index in [4.69, 9.17) is 0 Å². The van der Waals surface area contributed by atoms with Crippen molar-refractivity contribution in [2.75, 3.05) is 13.6 Å². The van der Waals surface area contributed by atoms with Gasteiger partial charge in [0, 0.05) is 11.5 Å². The smallest absolute Gasteiger partial charge is 0.129 e. The van der Waals surface area contributed by atoms with Crippen molar-refractivity contribution in [1.82, 2.24) is 4.90 Å². The second-order valence-corrected chi connectivity index (χ2v) is 6.98. The van der Waals surface area contributed by atoms with Crippen molar-refractivity contribution in [3.63, 3.8) is 0 Å². The van der Waals surface area contributed by atoms with Gasteiger partial charge in [0.1, 0.15) is 6.29 Å². The number of fused-ring (bicyclic) bond motifs is 1. The van der Waals surface area contributed by atoms with E-state index in [9.17, 15) is 4.79 Å². The van der Waals surface area contributed by atoms with Crippen LogP contribution in [0.3, 0.4) is 0 Å². The largest absolute Gasteiger partial charge is 0.303 e. The van der Waals surface area contributed by atoms with Crippen LogP contribution in [0.5, 0.6) is 0 Å². The van der Waals surface area contributed by atoms with E-state index in [1.54, 1.807) is 0 Å². The number of aldehydes is 1. The summed E-state index contributed by atoms with van der Waals surface area (Å²) in [7, 11) is 2.22. The van der Waals surface area contributed by atoms with Crippen molar-refractivity contribution in [3.8, 4) is 0 Å². The van der Waals surface area contributed by atoms with Gasteiger partial charge in [0.05, 0.1) is 5.92 Å². The standard InChI is InChI=1S/C18H23NO/c1-19-11-10-18-9-5-4-8-16(18)17(19)14(12-20)13-6-2-3-7-15(13)18/h2-3,6-7,12,14,16-17H,4-5,8-11H2,1H3/t14?,16-,17+,18-/m0/s1. The molecule has 2 bridgehead atoms. The minimum atomic E-state index is 0.0766. The lowest BCUT2D eigenvalue weighted by Gasteiger charge is -2.60. The van der Waals surface area contributed by atoms with Gasteiger partial charge in [-0.15, -0.1) is 0 Å². The summed E-state index contributed by atoms with van der Waals surface area (Å²) in [5.74, 6) is 0.757. The second kappa shape index (κ2) is 4.42. The molecule has 2 aliphatic carbocycles. The maximum atomic E-state index is 11.8. The van der Waals surface area contributed by atoms with Crippen LogP contribution in [0, 0.1) is 5.92 Å². The van der Waals surface area contributed by atoms with Crippen molar-refractivity contribution >= 4 is 6.29 Å². The van der Waals surface area contributed by atoms with Gasteiger partial charge in [-0.05, 0) is 49.9 Å². The molecule has 0 amide bonds. The molecule has 2 nitrogen and oxygen atoms in total. The van der Waals surface area contributed by atoms with Crippen LogP contribution in [0.25, 0.3) is 0 Å². The number of carbonyl (C=O) groups excluding carboxylic acids is 1. The van der Waals surface area contributed by atoms with E-state index in [2.05, 4.69) is 36.2 Å². The quantitative estimate of drug-likeness (QED) is 0.730. The number of piperidine rings is 1. The summed E-state index contributed by atoms with van der Waals surface area (Å²) >= 11 is 0. The Balaban J connectivity index is 1.96. The van der Waals surface area contributed by atoms with Crippen molar-refractivity contribution in [2.24, 2.45) is 5.92 Å². The highest BCUT2D eigenvalue weighted by molar-refractivity contribution is 5.67. The number of hydrogen-bond donors (Lipinski definition) is 0. The predicted octanol–water partition coefficient (Wildman–Crippen LogP) is 3.11. The van der Waals surface area contributed by atoms with Crippen LogP contribution in [-0.4, -0.2) is 30.8 Å². The zero-order valence-corrected chi connectivity index (χ0v) is 12.2. The highest BCUT2D eigenvalue weighted by atomic mass is 16.1. The molecule has 106 valence electrons. The summed E-state index contributed by atoms with van der Waals surface area (Å²) in [6.45, 7) is 1.14. The molecule has 4 atom stereocenters. The molecule has 1 aliphatic heterocycles. The average Bonchev–Trinajstić information content (AvgIpc) is 2.51. The molecule has 1 saturated carbocycles. The molecule has 3 aliphatic rings. The fourth-order valence-electron chi connectivity index (χ4n) is 5.48. The Hall–Kier alpha value is -1.15. The molecule has 0 spiro atoms. The molecule has 1 unspecified atom stereocenters. The van der Waals surface area contributed by atoms with Gasteiger partial charge in [0.2, 0.25) is 0 Å². The summed E-state index contributed by atoms with van der Waals surface area (Å²) in [5, 5.41) is 0. The maximum absolute atomic E-state index is 11.8. The lowest BCUT2D eigenvalue weighted by Crippen LogP contribution is -2.61. The van der Waals surface area contributed by atoms with E-state index < -0.39 is 0 Å². The molecule has 20 heavy (non-hydrogen) atoms. The van der Waals surface area contributed by atoms with Crippen molar-refractivity contribution in [1.29, 1.82) is 0 Å². The van der Waals surface area contributed by atoms with Crippen molar-refractivity contribution < 1.29 is 4.79 Å². The molecule has 2 heteroatoms. The molecule has 1 aromatic rings. The molecular formula is C18H23NO. The Morgan fingerprint density at radius 2 is 2.10 bits per heavy atom. The Morgan fingerprint density at radius 3 is 2.95 bits per heavy atom. The first kappa shape index (κ1) is 12.6. The fourth-order valence-corrected chi connectivity index (χ4v) is 5.48. The molecule has 1 saturated heterocycles. The topological polar surface area (TPSA) is 20.3 Å². The second-order valence-electron chi connectivity index (χ2n) is 6.98. The Bertz CT molecular complexity index is 540. The van der Waals surface area contributed by atoms with E-state index in [1.807, 2.05) is 0 Å². The minimum absolute atomic E-state index is 0.0766. The summed E-state index contributed by atoms with van der Waals surface area (Å²) in [4.78, 5) is 14.3. The average molecular weight is 269 g/mol. The maximum Gasteiger partial charge on any atom is 0.129 e. The van der Waals surface area contributed by atoms with E-state index in [0.717, 1.165) is 6.54 Å². The van der Waals surface area contributed by atoms with Crippen LogP contribution < -0.4 is 0 Å². The Labute approximate surface area is 121 Å². The van der Waals surface area contributed by atoms with Gasteiger partial charge in [-0.25, -0.2) is 0 Å². The molecule has 2 fully saturated rings. The lowest BCUT2D eigenvalue weighted by molar-refractivity contribution is -0.113. The van der Waals surface area contributed by atoms with Gasteiger partial charge >= 0.3 is 0 Å². The number of likely N-dealkylation sites (tertiary alicyclic amines) is 1. The molecule has 0 aromatic heterocycles. The first-order chi connectivity index (χ1) is 9.78. The molecular weight excluding hydrogens is 246 g/mol. The van der Waals surface area contributed by atoms with Crippen LogP contribution >= 0.6 is 0 Å². The first-order valence-electron chi connectivity index (χ1n) is 8.03. The Morgan fingerprint density at radius 1 is 1.25 bits per heavy atom. The number of nitrogens with zero attached hydrogens (tertiary/aromatic N) is 1. The third kappa shape index (κ3) is 1.46.